The average molecular weight is 569 g/mol. The minimum atomic E-state index is 0.631. The third-order valence-corrected chi connectivity index (χ3v) is 7.81. The van der Waals surface area contributed by atoms with Crippen molar-refractivity contribution in [2.24, 2.45) is 0 Å². The van der Waals surface area contributed by atoms with E-state index in [0.717, 1.165) is 66.7 Å². The zero-order chi connectivity index (χ0) is 29.3. The van der Waals surface area contributed by atoms with Crippen LogP contribution in [0.25, 0.3) is 78.2 Å². The first kappa shape index (κ1) is 25.6. The van der Waals surface area contributed by atoms with Crippen LogP contribution < -0.4 is 0 Å². The molecule has 4 aromatic carbocycles. The van der Waals surface area contributed by atoms with E-state index in [0.29, 0.717) is 11.5 Å². The molecule has 0 amide bonds. The van der Waals surface area contributed by atoms with E-state index < -0.39 is 0 Å². The first-order valence-corrected chi connectivity index (χ1v) is 14.3. The highest BCUT2D eigenvalue weighted by Gasteiger charge is 2.24. The van der Waals surface area contributed by atoms with Crippen molar-refractivity contribution in [3.63, 3.8) is 0 Å². The Balaban J connectivity index is 1.47. The smallest absolute Gasteiger partial charge is 0.181 e. The molecule has 8 rings (SSSR count). The summed E-state index contributed by atoms with van der Waals surface area (Å²) in [6.45, 7) is 0. The minimum Gasteiger partial charge on any atom is -0.442 e. The van der Waals surface area contributed by atoms with E-state index in [1.54, 1.807) is 12.4 Å². The molecule has 6 nitrogen and oxygen atoms in total. The fourth-order valence-corrected chi connectivity index (χ4v) is 5.88. The van der Waals surface area contributed by atoms with E-state index >= 15 is 0 Å². The predicted molar refractivity (Wildman–Crippen MR) is 172 cm³/mol. The summed E-state index contributed by atoms with van der Waals surface area (Å²) in [5, 5.41) is 2.24. The van der Waals surface area contributed by atoms with Crippen LogP contribution >= 0.6 is 0 Å². The van der Waals surface area contributed by atoms with Crippen LogP contribution in [0.3, 0.4) is 0 Å². The predicted octanol–water partition coefficient (Wildman–Crippen LogP) is 9.61. The highest BCUT2D eigenvalue weighted by Crippen LogP contribution is 2.50. The van der Waals surface area contributed by atoms with Crippen molar-refractivity contribution in [2.75, 3.05) is 0 Å². The summed E-state index contributed by atoms with van der Waals surface area (Å²) in [5.74, 6) is 1.26. The zero-order valence-electron chi connectivity index (χ0n) is 23.5. The molecule has 44 heavy (non-hydrogen) atoms. The number of oxazole rings is 2. The normalized spacial score (nSPS) is 11.2. The number of benzene rings is 4. The van der Waals surface area contributed by atoms with E-state index in [-0.39, 0.29) is 0 Å². The van der Waals surface area contributed by atoms with E-state index in [1.807, 2.05) is 36.7 Å². The van der Waals surface area contributed by atoms with Gasteiger partial charge in [-0.15, -0.1) is 0 Å². The van der Waals surface area contributed by atoms with Crippen LogP contribution in [0, 0.1) is 0 Å². The Morgan fingerprint density at radius 3 is 1.16 bits per heavy atom. The molecular formula is C38H24N4O2. The van der Waals surface area contributed by atoms with Gasteiger partial charge >= 0.3 is 0 Å². The lowest BCUT2D eigenvalue weighted by atomic mass is 9.79. The van der Waals surface area contributed by atoms with E-state index in [4.69, 9.17) is 18.8 Å². The zero-order valence-corrected chi connectivity index (χ0v) is 23.5. The third kappa shape index (κ3) is 4.46. The summed E-state index contributed by atoms with van der Waals surface area (Å²) in [4.78, 5) is 17.7. The molecule has 0 fully saturated rings. The molecule has 0 aliphatic carbocycles. The first-order valence-electron chi connectivity index (χ1n) is 14.3. The van der Waals surface area contributed by atoms with Crippen LogP contribution in [-0.2, 0) is 0 Å². The number of pyridine rings is 2. The Kier molecular flexibility index (Phi) is 6.35. The maximum atomic E-state index is 5.51. The first-order chi connectivity index (χ1) is 21.8. The van der Waals surface area contributed by atoms with Crippen molar-refractivity contribution in [1.29, 1.82) is 0 Å². The molecule has 4 aromatic heterocycles. The van der Waals surface area contributed by atoms with Crippen LogP contribution in [0.1, 0.15) is 0 Å². The van der Waals surface area contributed by atoms with Gasteiger partial charge < -0.3 is 8.83 Å². The van der Waals surface area contributed by atoms with Gasteiger partial charge in [0.15, 0.2) is 24.3 Å². The van der Waals surface area contributed by atoms with Gasteiger partial charge in [-0.2, -0.15) is 0 Å². The van der Waals surface area contributed by atoms with E-state index in [9.17, 15) is 0 Å². The fourth-order valence-electron chi connectivity index (χ4n) is 5.88. The van der Waals surface area contributed by atoms with Crippen molar-refractivity contribution in [3.05, 3.63) is 147 Å². The maximum absolute atomic E-state index is 5.51. The standard InChI is InChI=1S/C38H24N4O2/c1-3-9-25(10-4-1)37-35(27-15-17-31(41-19-27)33-21-39-23-43-33)29-13-7-8-14-30(29)36(38(37)26-11-5-2-6-12-26)28-16-18-32(42-20-28)34-22-40-24-44-34/h1-24H. The number of rotatable bonds is 6. The van der Waals surface area contributed by atoms with Gasteiger partial charge in [0.05, 0.1) is 12.4 Å². The number of aromatic nitrogens is 4. The molecule has 0 N–H and O–H groups in total. The molecule has 0 saturated carbocycles. The summed E-state index contributed by atoms with van der Waals surface area (Å²) in [6.07, 6.45) is 10.0. The van der Waals surface area contributed by atoms with Crippen molar-refractivity contribution in [1.82, 2.24) is 19.9 Å². The van der Waals surface area contributed by atoms with E-state index in [1.165, 1.54) is 12.8 Å². The van der Waals surface area contributed by atoms with Gasteiger partial charge in [0, 0.05) is 23.5 Å². The molecule has 208 valence electrons. The summed E-state index contributed by atoms with van der Waals surface area (Å²) in [7, 11) is 0. The molecule has 0 radical (unpaired) electrons. The Morgan fingerprint density at radius 1 is 0.364 bits per heavy atom. The lowest BCUT2D eigenvalue weighted by molar-refractivity contribution is 0.569. The molecule has 6 heteroatoms. The topological polar surface area (TPSA) is 77.8 Å². The van der Waals surface area contributed by atoms with Crippen molar-refractivity contribution in [3.8, 4) is 67.4 Å². The molecule has 4 heterocycles. The second kappa shape index (κ2) is 10.9. The molecule has 0 aliphatic heterocycles. The largest absolute Gasteiger partial charge is 0.442 e. The van der Waals surface area contributed by atoms with Crippen LogP contribution in [0.5, 0.6) is 0 Å². The van der Waals surface area contributed by atoms with E-state index in [2.05, 4.69) is 94.9 Å². The molecule has 0 unspecified atom stereocenters. The molecular weight excluding hydrogens is 544 g/mol. The fraction of sp³-hybridized carbons (Fsp3) is 0. The number of nitrogens with zero attached hydrogens (tertiary/aromatic N) is 4. The Bertz CT molecular complexity index is 2020. The highest BCUT2D eigenvalue weighted by atomic mass is 16.3. The van der Waals surface area contributed by atoms with Crippen molar-refractivity contribution in [2.45, 2.75) is 0 Å². The number of hydrogen-bond acceptors (Lipinski definition) is 6. The van der Waals surface area contributed by atoms with Crippen molar-refractivity contribution < 1.29 is 8.83 Å². The quantitative estimate of drug-likeness (QED) is 0.199. The van der Waals surface area contributed by atoms with Crippen molar-refractivity contribution >= 4 is 10.8 Å². The molecule has 0 atom stereocenters. The van der Waals surface area contributed by atoms with Crippen LogP contribution in [0.15, 0.2) is 156 Å². The van der Waals surface area contributed by atoms with Crippen LogP contribution in [0.4, 0.5) is 0 Å². The number of hydrogen-bond donors (Lipinski definition) is 0. The van der Waals surface area contributed by atoms with Crippen LogP contribution in [-0.4, -0.2) is 19.9 Å². The lowest BCUT2D eigenvalue weighted by Gasteiger charge is -2.24. The SMILES string of the molecule is c1ccc(-c2c(-c3ccccc3)c(-c3ccc(-c4cnco4)nc3)c3ccccc3c2-c2ccc(-c3cnco3)nc2)cc1. The van der Waals surface area contributed by atoms with Gasteiger partial charge in [0.2, 0.25) is 0 Å². The molecule has 0 aliphatic rings. The van der Waals surface area contributed by atoms with Gasteiger partial charge in [-0.3, -0.25) is 9.97 Å². The Hall–Kier alpha value is -6.14. The van der Waals surface area contributed by atoms with Crippen LogP contribution in [0.2, 0.25) is 0 Å². The molecule has 0 saturated heterocycles. The molecule has 0 spiro atoms. The summed E-state index contributed by atoms with van der Waals surface area (Å²) in [6, 6.07) is 37.9. The number of fused-ring (bicyclic) bond motifs is 1. The Morgan fingerprint density at radius 2 is 0.795 bits per heavy atom. The molecule has 8 aromatic rings. The second-order valence-corrected chi connectivity index (χ2v) is 10.4. The molecule has 0 bridgehead atoms. The van der Waals surface area contributed by atoms with Gasteiger partial charge in [-0.1, -0.05) is 97.1 Å². The summed E-state index contributed by atoms with van der Waals surface area (Å²) < 4.78 is 11.0. The average Bonchev–Trinajstić information content (AvgIpc) is 3.84. The highest BCUT2D eigenvalue weighted by molar-refractivity contribution is 6.18. The van der Waals surface area contributed by atoms with Gasteiger partial charge in [-0.25, -0.2) is 9.97 Å². The third-order valence-electron chi connectivity index (χ3n) is 7.81. The Labute approximate surface area is 253 Å². The van der Waals surface area contributed by atoms with Gasteiger partial charge in [0.1, 0.15) is 11.4 Å². The second-order valence-electron chi connectivity index (χ2n) is 10.4. The van der Waals surface area contributed by atoms with Gasteiger partial charge in [-0.05, 0) is 56.3 Å². The minimum absolute atomic E-state index is 0.631. The summed E-state index contributed by atoms with van der Waals surface area (Å²) in [5.41, 5.74) is 10.2. The summed E-state index contributed by atoms with van der Waals surface area (Å²) >= 11 is 0. The lowest BCUT2D eigenvalue weighted by Crippen LogP contribution is -1.98. The monoisotopic (exact) mass is 568 g/mol. The maximum Gasteiger partial charge on any atom is 0.181 e. The van der Waals surface area contributed by atoms with Gasteiger partial charge in [0.25, 0.3) is 0 Å².